The van der Waals surface area contributed by atoms with Crippen LogP contribution >= 0.6 is 0 Å². The minimum absolute atomic E-state index is 0.766. The van der Waals surface area contributed by atoms with Crippen molar-refractivity contribution in [3.8, 4) is 0 Å². The second-order valence-electron chi connectivity index (χ2n) is 2.63. The molecule has 60 valence electrons. The summed E-state index contributed by atoms with van der Waals surface area (Å²) in [5.41, 5.74) is 1.99. The molecule has 0 unspecified atom stereocenters. The normalized spacial score (nSPS) is 10.4. The zero-order valence-electron chi connectivity index (χ0n) is 6.86. The predicted octanol–water partition coefficient (Wildman–Crippen LogP) is 1.59. The van der Waals surface area contributed by atoms with Gasteiger partial charge in [0.05, 0.1) is 0 Å². The van der Waals surface area contributed by atoms with Gasteiger partial charge in [0.25, 0.3) is 0 Å². The number of hydrogen-bond donors (Lipinski definition) is 0. The number of pyridine rings is 1. The van der Waals surface area contributed by atoms with Crippen molar-refractivity contribution in [1.29, 1.82) is 0 Å². The second-order valence-corrected chi connectivity index (χ2v) is 2.63. The molecule has 0 fully saturated rings. The molecule has 3 nitrogen and oxygen atoms in total. The molecule has 2 aromatic heterocycles. The molecule has 0 aliphatic carbocycles. The van der Waals surface area contributed by atoms with Gasteiger partial charge in [0, 0.05) is 17.8 Å². The lowest BCUT2D eigenvalue weighted by Gasteiger charge is -1.97. The fourth-order valence-corrected chi connectivity index (χ4v) is 1.12. The molecule has 0 amide bonds. The summed E-state index contributed by atoms with van der Waals surface area (Å²) in [7, 11) is 0. The molecule has 0 saturated carbocycles. The van der Waals surface area contributed by atoms with Crippen LogP contribution in [-0.4, -0.2) is 15.0 Å². The van der Waals surface area contributed by atoms with Gasteiger partial charge in [0.1, 0.15) is 6.33 Å². The van der Waals surface area contributed by atoms with Crippen molar-refractivity contribution in [3.63, 3.8) is 0 Å². The molecule has 0 aliphatic heterocycles. The Morgan fingerprint density at radius 1 is 1.25 bits per heavy atom. The maximum Gasteiger partial charge on any atom is 0.162 e. The molecule has 0 atom stereocenters. The van der Waals surface area contributed by atoms with E-state index in [0.29, 0.717) is 0 Å². The maximum atomic E-state index is 4.20. The molecule has 12 heavy (non-hydrogen) atoms. The number of nitrogens with zero attached hydrogens (tertiary/aromatic N) is 3. The van der Waals surface area contributed by atoms with Crippen LogP contribution in [-0.2, 0) is 6.42 Å². The largest absolute Gasteiger partial charge is 0.244 e. The Kier molecular flexibility index (Phi) is 1.70. The number of aryl methyl sites for hydroxylation is 1. The standard InChI is InChI=1S/C9H9N3/c1-2-7-3-8-5-10-6-12-9(8)11-4-7/h3-6H,2H2,1H3. The lowest BCUT2D eigenvalue weighted by atomic mass is 10.2. The van der Waals surface area contributed by atoms with E-state index in [1.165, 1.54) is 11.9 Å². The first-order chi connectivity index (χ1) is 5.90. The van der Waals surface area contributed by atoms with Gasteiger partial charge in [-0.1, -0.05) is 6.92 Å². The van der Waals surface area contributed by atoms with Crippen molar-refractivity contribution < 1.29 is 0 Å². The van der Waals surface area contributed by atoms with Crippen molar-refractivity contribution in [2.45, 2.75) is 13.3 Å². The predicted molar refractivity (Wildman–Crippen MR) is 46.7 cm³/mol. The van der Waals surface area contributed by atoms with Crippen LogP contribution in [0.15, 0.2) is 24.8 Å². The molecule has 2 rings (SSSR count). The minimum atomic E-state index is 0.766. The second kappa shape index (κ2) is 2.85. The Balaban J connectivity index is 2.67. The van der Waals surface area contributed by atoms with Gasteiger partial charge >= 0.3 is 0 Å². The molecule has 0 saturated heterocycles. The molecule has 2 aromatic rings. The number of hydrogen-bond acceptors (Lipinski definition) is 3. The number of aromatic nitrogens is 3. The van der Waals surface area contributed by atoms with E-state index in [4.69, 9.17) is 0 Å². The highest BCUT2D eigenvalue weighted by Gasteiger charge is 1.95. The third-order valence-corrected chi connectivity index (χ3v) is 1.82. The monoisotopic (exact) mass is 159 g/mol. The first kappa shape index (κ1) is 7.16. The van der Waals surface area contributed by atoms with Crippen LogP contribution < -0.4 is 0 Å². The fourth-order valence-electron chi connectivity index (χ4n) is 1.12. The van der Waals surface area contributed by atoms with Crippen LogP contribution in [0.5, 0.6) is 0 Å². The zero-order chi connectivity index (χ0) is 8.39. The highest BCUT2D eigenvalue weighted by Crippen LogP contribution is 2.08. The van der Waals surface area contributed by atoms with Crippen LogP contribution in [0.25, 0.3) is 11.0 Å². The average Bonchev–Trinajstić information content (AvgIpc) is 2.17. The Bertz CT molecular complexity index is 398. The van der Waals surface area contributed by atoms with Gasteiger partial charge in [-0.05, 0) is 18.1 Å². The SMILES string of the molecule is CCc1cnc2ncncc2c1. The van der Waals surface area contributed by atoms with Gasteiger partial charge < -0.3 is 0 Å². The summed E-state index contributed by atoms with van der Waals surface area (Å²) in [5, 5.41) is 1.01. The van der Waals surface area contributed by atoms with Gasteiger partial charge in [-0.3, -0.25) is 0 Å². The van der Waals surface area contributed by atoms with Gasteiger partial charge in [0.15, 0.2) is 5.65 Å². The van der Waals surface area contributed by atoms with Crippen molar-refractivity contribution in [1.82, 2.24) is 15.0 Å². The number of fused-ring (bicyclic) bond motifs is 1. The summed E-state index contributed by atoms with van der Waals surface area (Å²) < 4.78 is 0. The fraction of sp³-hybridized carbons (Fsp3) is 0.222. The van der Waals surface area contributed by atoms with Crippen LogP contribution in [0.1, 0.15) is 12.5 Å². The van der Waals surface area contributed by atoms with Crippen molar-refractivity contribution in [2.24, 2.45) is 0 Å². The summed E-state index contributed by atoms with van der Waals surface area (Å²) in [6.07, 6.45) is 6.16. The molecular weight excluding hydrogens is 150 g/mol. The highest BCUT2D eigenvalue weighted by molar-refractivity contribution is 5.73. The molecule has 0 spiro atoms. The molecule has 2 heterocycles. The summed E-state index contributed by atoms with van der Waals surface area (Å²) in [4.78, 5) is 12.2. The minimum Gasteiger partial charge on any atom is -0.244 e. The van der Waals surface area contributed by atoms with Crippen molar-refractivity contribution in [2.75, 3.05) is 0 Å². The molecule has 0 aromatic carbocycles. The number of rotatable bonds is 1. The molecule has 0 radical (unpaired) electrons. The van der Waals surface area contributed by atoms with Gasteiger partial charge in [-0.2, -0.15) is 0 Å². The Morgan fingerprint density at radius 2 is 2.17 bits per heavy atom. The lowest BCUT2D eigenvalue weighted by Crippen LogP contribution is -1.87. The summed E-state index contributed by atoms with van der Waals surface area (Å²) in [5.74, 6) is 0. The van der Waals surface area contributed by atoms with Gasteiger partial charge in [-0.15, -0.1) is 0 Å². The van der Waals surface area contributed by atoms with Crippen LogP contribution in [0.2, 0.25) is 0 Å². The van der Waals surface area contributed by atoms with E-state index < -0.39 is 0 Å². The molecule has 3 heteroatoms. The van der Waals surface area contributed by atoms with E-state index in [2.05, 4.69) is 27.9 Å². The third-order valence-electron chi connectivity index (χ3n) is 1.82. The van der Waals surface area contributed by atoms with E-state index in [9.17, 15) is 0 Å². The van der Waals surface area contributed by atoms with Crippen molar-refractivity contribution >= 4 is 11.0 Å². The summed E-state index contributed by atoms with van der Waals surface area (Å²) in [6, 6.07) is 2.07. The summed E-state index contributed by atoms with van der Waals surface area (Å²) >= 11 is 0. The zero-order valence-corrected chi connectivity index (χ0v) is 6.86. The first-order valence-corrected chi connectivity index (χ1v) is 3.95. The Hall–Kier alpha value is -1.51. The van der Waals surface area contributed by atoms with Crippen LogP contribution in [0.4, 0.5) is 0 Å². The smallest absolute Gasteiger partial charge is 0.162 e. The first-order valence-electron chi connectivity index (χ1n) is 3.95. The third kappa shape index (κ3) is 1.13. The van der Waals surface area contributed by atoms with E-state index in [-0.39, 0.29) is 0 Å². The Morgan fingerprint density at radius 3 is 3.00 bits per heavy atom. The summed E-state index contributed by atoms with van der Waals surface area (Å²) in [6.45, 7) is 2.10. The maximum absolute atomic E-state index is 4.20. The van der Waals surface area contributed by atoms with E-state index in [1.807, 2.05) is 6.20 Å². The van der Waals surface area contributed by atoms with E-state index >= 15 is 0 Å². The average molecular weight is 159 g/mol. The molecule has 0 N–H and O–H groups in total. The molecule has 0 bridgehead atoms. The lowest BCUT2D eigenvalue weighted by molar-refractivity contribution is 1.10. The van der Waals surface area contributed by atoms with Gasteiger partial charge in [-0.25, -0.2) is 15.0 Å². The van der Waals surface area contributed by atoms with Gasteiger partial charge in [0.2, 0.25) is 0 Å². The van der Waals surface area contributed by atoms with Crippen LogP contribution in [0, 0.1) is 0 Å². The highest BCUT2D eigenvalue weighted by atomic mass is 14.9. The topological polar surface area (TPSA) is 38.7 Å². The van der Waals surface area contributed by atoms with Crippen molar-refractivity contribution in [3.05, 3.63) is 30.4 Å². The van der Waals surface area contributed by atoms with E-state index in [0.717, 1.165) is 17.5 Å². The molecule has 0 aliphatic rings. The Labute approximate surface area is 70.5 Å². The quantitative estimate of drug-likeness (QED) is 0.634. The van der Waals surface area contributed by atoms with E-state index in [1.54, 1.807) is 6.20 Å². The molecular formula is C9H9N3. The van der Waals surface area contributed by atoms with Crippen LogP contribution in [0.3, 0.4) is 0 Å².